The van der Waals surface area contributed by atoms with Crippen molar-refractivity contribution >= 4 is 22.7 Å². The van der Waals surface area contributed by atoms with Crippen LogP contribution in [0.4, 0.5) is 11.5 Å². The maximum atomic E-state index is 12.6. The Kier molecular flexibility index (Phi) is 6.37. The van der Waals surface area contributed by atoms with Gasteiger partial charge in [0, 0.05) is 26.4 Å². The number of ether oxygens (including phenoxy) is 2. The topological polar surface area (TPSA) is 111 Å². The summed E-state index contributed by atoms with van der Waals surface area (Å²) in [5, 5.41) is 0. The average molecular weight is 435 g/mol. The second-order valence-electron chi connectivity index (χ2n) is 7.46. The van der Waals surface area contributed by atoms with Crippen LogP contribution in [0, 0.1) is 0 Å². The highest BCUT2D eigenvalue weighted by atomic mass is 16.5. The largest absolute Gasteiger partial charge is 0.461 e. The van der Waals surface area contributed by atoms with Gasteiger partial charge in [0.2, 0.25) is 0 Å². The van der Waals surface area contributed by atoms with Crippen LogP contribution in [0.3, 0.4) is 0 Å². The molecule has 4 aromatic rings. The first-order valence-electron chi connectivity index (χ1n) is 10.3. The summed E-state index contributed by atoms with van der Waals surface area (Å²) in [5.41, 5.74) is 9.80. The number of fused-ring (bicyclic) bond motifs is 1. The summed E-state index contributed by atoms with van der Waals surface area (Å²) in [7, 11) is 3.64. The number of para-hydroxylation sites is 1. The molecule has 4 rings (SSSR count). The van der Waals surface area contributed by atoms with Crippen molar-refractivity contribution in [3.63, 3.8) is 0 Å². The second kappa shape index (κ2) is 9.52. The lowest BCUT2D eigenvalue weighted by molar-refractivity contribution is 0.141. The fourth-order valence-corrected chi connectivity index (χ4v) is 3.44. The first-order valence-corrected chi connectivity index (χ1v) is 10.3. The number of rotatable bonds is 9. The van der Waals surface area contributed by atoms with E-state index >= 15 is 0 Å². The Morgan fingerprint density at radius 3 is 2.47 bits per heavy atom. The van der Waals surface area contributed by atoms with Gasteiger partial charge in [-0.15, -0.1) is 0 Å². The molecule has 0 spiro atoms. The van der Waals surface area contributed by atoms with E-state index in [0.717, 1.165) is 17.8 Å². The number of anilines is 2. The summed E-state index contributed by atoms with van der Waals surface area (Å²) >= 11 is 0. The van der Waals surface area contributed by atoms with Gasteiger partial charge >= 0.3 is 11.7 Å². The number of nitrogens with two attached hydrogens (primary N) is 1. The van der Waals surface area contributed by atoms with Gasteiger partial charge in [-0.05, 0) is 23.3 Å². The highest BCUT2D eigenvalue weighted by Gasteiger charge is 2.15. The molecule has 0 aliphatic carbocycles. The molecular formula is C23H26N6O3. The lowest BCUT2D eigenvalue weighted by Crippen LogP contribution is -2.18. The van der Waals surface area contributed by atoms with Gasteiger partial charge in [0.05, 0.1) is 13.2 Å². The maximum absolute atomic E-state index is 12.6. The quantitative estimate of drug-likeness (QED) is 0.389. The molecule has 9 nitrogen and oxygen atoms in total. The molecule has 0 bridgehead atoms. The monoisotopic (exact) mass is 434 g/mol. The molecule has 2 heterocycles. The summed E-state index contributed by atoms with van der Waals surface area (Å²) in [6, 6.07) is 18.5. The number of methoxy groups -OCH3 is 1. The zero-order chi connectivity index (χ0) is 22.5. The third kappa shape index (κ3) is 4.73. The van der Waals surface area contributed by atoms with Crippen LogP contribution in [0.15, 0.2) is 59.4 Å². The van der Waals surface area contributed by atoms with Gasteiger partial charge in [-0.2, -0.15) is 9.97 Å². The van der Waals surface area contributed by atoms with Crippen molar-refractivity contribution in [3.05, 3.63) is 76.2 Å². The number of imidazole rings is 1. The Morgan fingerprint density at radius 1 is 1.03 bits per heavy atom. The third-order valence-corrected chi connectivity index (χ3v) is 5.13. The minimum absolute atomic E-state index is 0.110. The van der Waals surface area contributed by atoms with Crippen LogP contribution >= 0.6 is 0 Å². The zero-order valence-electron chi connectivity index (χ0n) is 18.1. The highest BCUT2D eigenvalue weighted by molar-refractivity contribution is 5.81. The van der Waals surface area contributed by atoms with E-state index in [-0.39, 0.29) is 24.1 Å². The molecule has 0 atom stereocenters. The number of aromatic amines is 1. The molecule has 9 heteroatoms. The normalized spacial score (nSPS) is 11.1. The van der Waals surface area contributed by atoms with Crippen molar-refractivity contribution in [2.45, 2.75) is 13.1 Å². The van der Waals surface area contributed by atoms with Crippen molar-refractivity contribution in [2.24, 2.45) is 0 Å². The number of benzene rings is 2. The maximum Gasteiger partial charge on any atom is 0.328 e. The second-order valence-corrected chi connectivity index (χ2v) is 7.46. The third-order valence-electron chi connectivity index (χ3n) is 5.13. The van der Waals surface area contributed by atoms with Crippen LogP contribution in [0.2, 0.25) is 0 Å². The van der Waals surface area contributed by atoms with Gasteiger partial charge < -0.3 is 25.1 Å². The van der Waals surface area contributed by atoms with Gasteiger partial charge in [0.1, 0.15) is 12.1 Å². The molecule has 3 N–H and O–H groups in total. The van der Waals surface area contributed by atoms with Crippen molar-refractivity contribution in [1.82, 2.24) is 19.5 Å². The molecule has 0 amide bonds. The van der Waals surface area contributed by atoms with Crippen LogP contribution in [0.1, 0.15) is 11.1 Å². The minimum atomic E-state index is -0.303. The SMILES string of the molecule is COCCOc1nc(N)c2[nH]c(=O)n(Cc3ccc(CN(C)c4ccccc4)cc3)c2n1. The Bertz CT molecular complexity index is 1230. The Hall–Kier alpha value is -3.85. The van der Waals surface area contributed by atoms with Crippen LogP contribution in [0.25, 0.3) is 11.2 Å². The van der Waals surface area contributed by atoms with Crippen LogP contribution in [0.5, 0.6) is 6.01 Å². The molecule has 32 heavy (non-hydrogen) atoms. The smallest absolute Gasteiger partial charge is 0.328 e. The minimum Gasteiger partial charge on any atom is -0.461 e. The van der Waals surface area contributed by atoms with Crippen molar-refractivity contribution in [3.8, 4) is 6.01 Å². The van der Waals surface area contributed by atoms with Gasteiger partial charge in [0.15, 0.2) is 11.5 Å². The Labute approximate surface area is 185 Å². The molecule has 0 saturated heterocycles. The summed E-state index contributed by atoms with van der Waals surface area (Å²) in [6.07, 6.45) is 0. The van der Waals surface area contributed by atoms with E-state index in [0.29, 0.717) is 24.3 Å². The van der Waals surface area contributed by atoms with E-state index in [1.54, 1.807) is 7.11 Å². The average Bonchev–Trinajstić information content (AvgIpc) is 3.11. The molecule has 2 aromatic carbocycles. The fourth-order valence-electron chi connectivity index (χ4n) is 3.44. The number of nitrogens with zero attached hydrogens (tertiary/aromatic N) is 4. The van der Waals surface area contributed by atoms with Crippen molar-refractivity contribution in [1.29, 1.82) is 0 Å². The van der Waals surface area contributed by atoms with E-state index in [2.05, 4.69) is 51.2 Å². The molecule has 0 radical (unpaired) electrons. The number of aromatic nitrogens is 4. The summed E-state index contributed by atoms with van der Waals surface area (Å²) < 4.78 is 12.0. The van der Waals surface area contributed by atoms with Gasteiger partial charge in [-0.25, -0.2) is 4.79 Å². The van der Waals surface area contributed by atoms with E-state index in [9.17, 15) is 4.79 Å². The highest BCUT2D eigenvalue weighted by Crippen LogP contribution is 2.19. The molecule has 0 fully saturated rings. The number of hydrogen-bond donors (Lipinski definition) is 2. The van der Waals surface area contributed by atoms with Crippen molar-refractivity contribution < 1.29 is 9.47 Å². The van der Waals surface area contributed by atoms with E-state index in [1.807, 2.05) is 30.3 Å². The van der Waals surface area contributed by atoms with Crippen LogP contribution in [-0.2, 0) is 17.8 Å². The molecule has 2 aromatic heterocycles. The fraction of sp³-hybridized carbons (Fsp3) is 0.261. The predicted molar refractivity (Wildman–Crippen MR) is 124 cm³/mol. The van der Waals surface area contributed by atoms with E-state index < -0.39 is 0 Å². The van der Waals surface area contributed by atoms with Crippen LogP contribution in [-0.4, -0.2) is 46.9 Å². The Balaban J connectivity index is 1.52. The van der Waals surface area contributed by atoms with Crippen LogP contribution < -0.4 is 21.1 Å². The van der Waals surface area contributed by atoms with Gasteiger partial charge in [0.25, 0.3) is 0 Å². The predicted octanol–water partition coefficient (Wildman–Crippen LogP) is 2.41. The standard InChI is InChI=1S/C23H26N6O3/c1-28(18-6-4-3-5-7-18)14-16-8-10-17(11-9-16)15-29-21-19(25-23(29)30)20(24)26-22(27-21)32-13-12-31-2/h3-11H,12-15H2,1-2H3,(H,25,30)(H2,24,26,27). The summed E-state index contributed by atoms with van der Waals surface area (Å²) in [4.78, 5) is 25.9. The van der Waals surface area contributed by atoms with Gasteiger partial charge in [-0.1, -0.05) is 42.5 Å². The molecule has 0 aliphatic heterocycles. The number of nitrogens with one attached hydrogen (secondary N) is 1. The molecule has 0 aliphatic rings. The zero-order valence-corrected chi connectivity index (χ0v) is 18.1. The van der Waals surface area contributed by atoms with Gasteiger partial charge in [-0.3, -0.25) is 4.57 Å². The molecule has 0 unspecified atom stereocenters. The summed E-state index contributed by atoms with van der Waals surface area (Å²) in [6.45, 7) is 1.81. The van der Waals surface area contributed by atoms with E-state index in [4.69, 9.17) is 15.2 Å². The first kappa shape index (κ1) is 21.4. The molecule has 0 saturated carbocycles. The number of nitrogen functional groups attached to an aromatic ring is 1. The summed E-state index contributed by atoms with van der Waals surface area (Å²) in [5.74, 6) is 0.164. The lowest BCUT2D eigenvalue weighted by atomic mass is 10.1. The molecule has 166 valence electrons. The number of hydrogen-bond acceptors (Lipinski definition) is 7. The lowest BCUT2D eigenvalue weighted by Gasteiger charge is -2.19. The first-order chi connectivity index (χ1) is 15.5. The van der Waals surface area contributed by atoms with Crippen molar-refractivity contribution in [2.75, 3.05) is 38.0 Å². The Morgan fingerprint density at radius 2 is 1.75 bits per heavy atom. The van der Waals surface area contributed by atoms with E-state index in [1.165, 1.54) is 10.1 Å². The molecular weight excluding hydrogens is 408 g/mol. The number of H-pyrrole nitrogens is 1.